The van der Waals surface area contributed by atoms with E-state index in [2.05, 4.69) is 53.7 Å². The van der Waals surface area contributed by atoms with E-state index < -0.39 is 11.6 Å². The van der Waals surface area contributed by atoms with Crippen molar-refractivity contribution in [2.75, 3.05) is 19.6 Å². The summed E-state index contributed by atoms with van der Waals surface area (Å²) in [4.78, 5) is 6.81. The quantitative estimate of drug-likeness (QED) is 0.345. The largest absolute Gasteiger partial charge is 0.395 e. The molecule has 37 heavy (non-hydrogen) atoms. The monoisotopic (exact) mass is 508 g/mol. The summed E-state index contributed by atoms with van der Waals surface area (Å²) in [5.74, 6) is 0.356. The number of benzene rings is 1. The number of halogens is 3. The first-order valence-electron chi connectivity index (χ1n) is 13.0. The Morgan fingerprint density at radius 2 is 1.81 bits per heavy atom. The fourth-order valence-corrected chi connectivity index (χ4v) is 5.52. The van der Waals surface area contributed by atoms with Gasteiger partial charge in [-0.15, -0.1) is 0 Å². The smallest absolute Gasteiger partial charge is 0.328 e. The van der Waals surface area contributed by atoms with Crippen molar-refractivity contribution in [2.24, 2.45) is 5.41 Å². The molecule has 0 radical (unpaired) electrons. The molecule has 0 N–H and O–H groups in total. The van der Waals surface area contributed by atoms with E-state index in [1.54, 1.807) is 6.07 Å². The van der Waals surface area contributed by atoms with Gasteiger partial charge in [0.15, 0.2) is 0 Å². The Labute approximate surface area is 217 Å². The first kappa shape index (κ1) is 26.9. The standard InChI is InChI=1S/C28H32F3N3.C2H3N/c1-20(2)22-6-4-21(5-7-22)18-34-15-10-24-16-25(17-32-26(24)34)23-8-13-33(14-9-23)19-27(11-3-12-27)28(29,30)31;1-2-3/h4-7,10,15-17,23H,1,3,8-9,11-14,18-19H2,2H3;1H3. The second-order valence-corrected chi connectivity index (χ2v) is 10.5. The zero-order valence-corrected chi connectivity index (χ0v) is 21.7. The molecule has 1 aromatic carbocycles. The average Bonchev–Trinajstić information content (AvgIpc) is 3.24. The number of alkyl halides is 3. The minimum absolute atomic E-state index is 0.163. The van der Waals surface area contributed by atoms with Gasteiger partial charge in [0, 0.05) is 37.8 Å². The van der Waals surface area contributed by atoms with Gasteiger partial charge in [-0.3, -0.25) is 0 Å². The molecule has 1 saturated carbocycles. The predicted molar refractivity (Wildman–Crippen MR) is 142 cm³/mol. The Hall–Kier alpha value is -3.11. The zero-order chi connectivity index (χ0) is 26.6. The number of pyridine rings is 1. The van der Waals surface area contributed by atoms with Crippen molar-refractivity contribution in [3.05, 3.63) is 72.1 Å². The van der Waals surface area contributed by atoms with Crippen LogP contribution in [-0.2, 0) is 6.54 Å². The first-order valence-corrected chi connectivity index (χ1v) is 13.0. The molecule has 2 fully saturated rings. The number of aromatic nitrogens is 2. The van der Waals surface area contributed by atoms with Gasteiger partial charge in [-0.05, 0) is 80.4 Å². The lowest BCUT2D eigenvalue weighted by Gasteiger charge is -2.47. The molecule has 2 aliphatic rings. The number of allylic oxidation sites excluding steroid dienone is 1. The van der Waals surface area contributed by atoms with E-state index in [0.29, 0.717) is 12.3 Å². The summed E-state index contributed by atoms with van der Waals surface area (Å²) < 4.78 is 42.8. The second kappa shape index (κ2) is 11.1. The highest BCUT2D eigenvalue weighted by Gasteiger charge is 2.58. The minimum atomic E-state index is -4.09. The molecule has 2 aromatic heterocycles. The van der Waals surface area contributed by atoms with E-state index >= 15 is 0 Å². The van der Waals surface area contributed by atoms with Crippen molar-refractivity contribution < 1.29 is 13.2 Å². The molecular formula is C30H35F3N4. The van der Waals surface area contributed by atoms with E-state index in [1.807, 2.05) is 18.0 Å². The third kappa shape index (κ3) is 5.91. The van der Waals surface area contributed by atoms with Crippen molar-refractivity contribution in [1.82, 2.24) is 14.5 Å². The van der Waals surface area contributed by atoms with Crippen LogP contribution in [0.5, 0.6) is 0 Å². The molecule has 0 amide bonds. The highest BCUT2D eigenvalue weighted by atomic mass is 19.4. The third-order valence-corrected chi connectivity index (χ3v) is 7.92. The number of hydrogen-bond donors (Lipinski definition) is 0. The van der Waals surface area contributed by atoms with Gasteiger partial charge in [-0.25, -0.2) is 4.98 Å². The fourth-order valence-electron chi connectivity index (χ4n) is 5.52. The van der Waals surface area contributed by atoms with Crippen LogP contribution < -0.4 is 0 Å². The van der Waals surface area contributed by atoms with E-state index in [0.717, 1.165) is 54.6 Å². The highest BCUT2D eigenvalue weighted by molar-refractivity contribution is 5.77. The molecule has 4 nitrogen and oxygen atoms in total. The van der Waals surface area contributed by atoms with Gasteiger partial charge >= 0.3 is 6.18 Å². The van der Waals surface area contributed by atoms with E-state index in [4.69, 9.17) is 10.2 Å². The Morgan fingerprint density at radius 1 is 1.16 bits per heavy atom. The highest BCUT2D eigenvalue weighted by Crippen LogP contribution is 2.53. The Morgan fingerprint density at radius 3 is 2.35 bits per heavy atom. The fraction of sp³-hybridized carbons (Fsp3) is 0.467. The number of nitriles is 1. The molecule has 7 heteroatoms. The van der Waals surface area contributed by atoms with Crippen LogP contribution in [0.3, 0.4) is 0 Å². The summed E-state index contributed by atoms with van der Waals surface area (Å²) in [7, 11) is 0. The number of likely N-dealkylation sites (tertiary alicyclic amines) is 1. The van der Waals surface area contributed by atoms with Crippen LogP contribution in [0.2, 0.25) is 0 Å². The summed E-state index contributed by atoms with van der Waals surface area (Å²) >= 11 is 0. The van der Waals surface area contributed by atoms with Crippen LogP contribution in [0.15, 0.2) is 55.4 Å². The van der Waals surface area contributed by atoms with Crippen molar-refractivity contribution in [1.29, 1.82) is 5.26 Å². The van der Waals surface area contributed by atoms with E-state index in [-0.39, 0.29) is 19.4 Å². The van der Waals surface area contributed by atoms with Crippen molar-refractivity contribution in [3.8, 4) is 6.07 Å². The summed E-state index contributed by atoms with van der Waals surface area (Å²) in [5, 5.41) is 8.43. The lowest BCUT2D eigenvalue weighted by molar-refractivity contribution is -0.256. The number of nitrogens with zero attached hydrogens (tertiary/aromatic N) is 4. The van der Waals surface area contributed by atoms with Crippen LogP contribution in [0.4, 0.5) is 13.2 Å². The maximum absolute atomic E-state index is 13.5. The van der Waals surface area contributed by atoms with Gasteiger partial charge < -0.3 is 9.47 Å². The minimum Gasteiger partial charge on any atom is -0.328 e. The summed E-state index contributed by atoms with van der Waals surface area (Å²) in [5.41, 5.74) is 4.11. The van der Waals surface area contributed by atoms with Gasteiger partial charge in [0.25, 0.3) is 0 Å². The molecule has 1 aliphatic heterocycles. The molecule has 0 atom stereocenters. The molecular weight excluding hydrogens is 473 g/mol. The topological polar surface area (TPSA) is 44.9 Å². The van der Waals surface area contributed by atoms with Crippen LogP contribution >= 0.6 is 0 Å². The summed E-state index contributed by atoms with van der Waals surface area (Å²) in [6.07, 6.45) is 2.99. The number of fused-ring (bicyclic) bond motifs is 1. The Kier molecular flexibility index (Phi) is 8.08. The SMILES string of the molecule is C=C(C)c1ccc(Cn2ccc3cc(C4CCN(CC5(C(F)(F)F)CCC5)CC4)cnc32)cc1.CC#N. The van der Waals surface area contributed by atoms with E-state index in [9.17, 15) is 13.2 Å². The molecule has 1 aliphatic carbocycles. The molecule has 0 spiro atoms. The maximum atomic E-state index is 13.5. The van der Waals surface area contributed by atoms with E-state index in [1.165, 1.54) is 18.1 Å². The number of hydrogen-bond acceptors (Lipinski definition) is 3. The van der Waals surface area contributed by atoms with Gasteiger partial charge in [0.05, 0.1) is 11.5 Å². The van der Waals surface area contributed by atoms with Crippen LogP contribution in [-0.4, -0.2) is 40.3 Å². The van der Waals surface area contributed by atoms with Gasteiger partial charge in [-0.2, -0.15) is 18.4 Å². The Balaban J connectivity index is 0.00000102. The zero-order valence-electron chi connectivity index (χ0n) is 21.7. The lowest BCUT2D eigenvalue weighted by atomic mass is 9.67. The molecule has 3 aromatic rings. The molecule has 0 unspecified atom stereocenters. The Bertz CT molecular complexity index is 1250. The lowest BCUT2D eigenvalue weighted by Crippen LogP contribution is -2.53. The molecule has 0 bridgehead atoms. The maximum Gasteiger partial charge on any atom is 0.395 e. The predicted octanol–water partition coefficient (Wildman–Crippen LogP) is 7.56. The van der Waals surface area contributed by atoms with Crippen molar-refractivity contribution in [2.45, 2.75) is 64.6 Å². The van der Waals surface area contributed by atoms with Gasteiger partial charge in [0.1, 0.15) is 5.65 Å². The van der Waals surface area contributed by atoms with Crippen LogP contribution in [0.25, 0.3) is 16.6 Å². The van der Waals surface area contributed by atoms with Gasteiger partial charge in [-0.1, -0.05) is 42.8 Å². The second-order valence-electron chi connectivity index (χ2n) is 10.5. The third-order valence-electron chi connectivity index (χ3n) is 7.92. The molecule has 196 valence electrons. The molecule has 1 saturated heterocycles. The van der Waals surface area contributed by atoms with Crippen LogP contribution in [0, 0.1) is 16.7 Å². The van der Waals surface area contributed by atoms with Crippen molar-refractivity contribution >= 4 is 16.6 Å². The summed E-state index contributed by atoms with van der Waals surface area (Å²) in [6.45, 7) is 9.80. The first-order chi connectivity index (χ1) is 17.7. The van der Waals surface area contributed by atoms with Gasteiger partial charge in [0.2, 0.25) is 0 Å². The molecule has 5 rings (SSSR count). The molecule has 3 heterocycles. The number of piperidine rings is 1. The summed E-state index contributed by atoms with van der Waals surface area (Å²) in [6, 6.07) is 14.5. The average molecular weight is 509 g/mol. The van der Waals surface area contributed by atoms with Crippen LogP contribution in [0.1, 0.15) is 68.6 Å². The van der Waals surface area contributed by atoms with Crippen molar-refractivity contribution in [3.63, 3.8) is 0 Å². The normalized spacial score (nSPS) is 17.9. The number of rotatable bonds is 6.